The SMILES string of the molecule is CC(C)C1=NN(C)C(=O)C1(C)CO. The smallest absolute Gasteiger partial charge is 0.256 e. The lowest BCUT2D eigenvalue weighted by Gasteiger charge is -2.22. The summed E-state index contributed by atoms with van der Waals surface area (Å²) >= 11 is 0. The van der Waals surface area contributed by atoms with Gasteiger partial charge in [-0.2, -0.15) is 5.10 Å². The van der Waals surface area contributed by atoms with E-state index in [9.17, 15) is 9.90 Å². The topological polar surface area (TPSA) is 52.9 Å². The molecule has 0 saturated carbocycles. The number of hydrogen-bond donors (Lipinski definition) is 1. The van der Waals surface area contributed by atoms with Gasteiger partial charge in [-0.15, -0.1) is 0 Å². The summed E-state index contributed by atoms with van der Waals surface area (Å²) in [6.07, 6.45) is 0. The highest BCUT2D eigenvalue weighted by molar-refractivity contribution is 6.12. The van der Waals surface area contributed by atoms with E-state index in [2.05, 4.69) is 5.10 Å². The van der Waals surface area contributed by atoms with Gasteiger partial charge in [0.1, 0.15) is 5.41 Å². The van der Waals surface area contributed by atoms with Crippen LogP contribution >= 0.6 is 0 Å². The van der Waals surface area contributed by atoms with E-state index in [0.717, 1.165) is 5.71 Å². The number of carbonyl (C=O) groups is 1. The molecule has 0 spiro atoms. The van der Waals surface area contributed by atoms with Crippen LogP contribution in [0.2, 0.25) is 0 Å². The van der Waals surface area contributed by atoms with E-state index in [1.54, 1.807) is 14.0 Å². The van der Waals surface area contributed by atoms with Gasteiger partial charge in [-0.05, 0) is 12.8 Å². The van der Waals surface area contributed by atoms with E-state index in [1.165, 1.54) is 5.01 Å². The number of aliphatic hydroxyl groups excluding tert-OH is 1. The number of carbonyl (C=O) groups excluding carboxylic acids is 1. The van der Waals surface area contributed by atoms with E-state index in [-0.39, 0.29) is 18.4 Å². The minimum atomic E-state index is -0.803. The van der Waals surface area contributed by atoms with Gasteiger partial charge in [0.2, 0.25) is 0 Å². The third kappa shape index (κ3) is 1.35. The van der Waals surface area contributed by atoms with Crippen LogP contribution in [0.3, 0.4) is 0 Å². The van der Waals surface area contributed by atoms with Gasteiger partial charge in [-0.1, -0.05) is 13.8 Å². The average molecular weight is 184 g/mol. The molecule has 4 nitrogen and oxygen atoms in total. The molecule has 1 amide bonds. The molecule has 4 heteroatoms. The molecule has 0 radical (unpaired) electrons. The Hall–Kier alpha value is -0.900. The lowest BCUT2D eigenvalue weighted by Crippen LogP contribution is -2.40. The van der Waals surface area contributed by atoms with Crippen LogP contribution in [0.25, 0.3) is 0 Å². The van der Waals surface area contributed by atoms with Crippen molar-refractivity contribution in [2.45, 2.75) is 20.8 Å². The molecule has 13 heavy (non-hydrogen) atoms. The van der Waals surface area contributed by atoms with Crippen LogP contribution in [0.5, 0.6) is 0 Å². The van der Waals surface area contributed by atoms with Crippen LogP contribution in [0.1, 0.15) is 20.8 Å². The van der Waals surface area contributed by atoms with Crippen molar-refractivity contribution in [3.05, 3.63) is 0 Å². The highest BCUT2D eigenvalue weighted by Crippen LogP contribution is 2.30. The molecule has 0 aromatic heterocycles. The number of aliphatic hydroxyl groups is 1. The minimum Gasteiger partial charge on any atom is -0.395 e. The maximum Gasteiger partial charge on any atom is 0.256 e. The first-order chi connectivity index (χ1) is 5.93. The quantitative estimate of drug-likeness (QED) is 0.678. The molecule has 1 aliphatic rings. The lowest BCUT2D eigenvalue weighted by atomic mass is 9.80. The Kier molecular flexibility index (Phi) is 2.43. The van der Waals surface area contributed by atoms with E-state index in [1.807, 2.05) is 13.8 Å². The van der Waals surface area contributed by atoms with E-state index < -0.39 is 5.41 Å². The lowest BCUT2D eigenvalue weighted by molar-refractivity contribution is -0.135. The Bertz CT molecular complexity index is 260. The first-order valence-electron chi connectivity index (χ1n) is 4.41. The van der Waals surface area contributed by atoms with Gasteiger partial charge >= 0.3 is 0 Å². The third-order valence-corrected chi connectivity index (χ3v) is 2.45. The second kappa shape index (κ2) is 3.10. The minimum absolute atomic E-state index is 0.126. The number of hydrazone groups is 1. The fourth-order valence-corrected chi connectivity index (χ4v) is 1.69. The van der Waals surface area contributed by atoms with Crippen molar-refractivity contribution in [1.82, 2.24) is 5.01 Å². The van der Waals surface area contributed by atoms with Crippen LogP contribution in [-0.4, -0.2) is 35.4 Å². The second-order valence-corrected chi connectivity index (χ2v) is 3.96. The fourth-order valence-electron chi connectivity index (χ4n) is 1.69. The van der Waals surface area contributed by atoms with E-state index in [4.69, 9.17) is 0 Å². The van der Waals surface area contributed by atoms with Crippen LogP contribution in [0.4, 0.5) is 0 Å². The predicted octanol–water partition coefficient (Wildman–Crippen LogP) is 0.469. The number of hydrogen-bond acceptors (Lipinski definition) is 3. The second-order valence-electron chi connectivity index (χ2n) is 3.96. The molecule has 0 saturated heterocycles. The van der Waals surface area contributed by atoms with E-state index >= 15 is 0 Å². The zero-order chi connectivity index (χ0) is 10.2. The zero-order valence-electron chi connectivity index (χ0n) is 8.53. The van der Waals surface area contributed by atoms with E-state index in [0.29, 0.717) is 0 Å². The molecule has 0 aliphatic carbocycles. The zero-order valence-corrected chi connectivity index (χ0v) is 8.53. The molecule has 74 valence electrons. The molecule has 1 aliphatic heterocycles. The maximum absolute atomic E-state index is 11.6. The molecule has 1 unspecified atom stereocenters. The summed E-state index contributed by atoms with van der Waals surface area (Å²) in [4.78, 5) is 11.6. The Balaban J connectivity index is 3.07. The first-order valence-corrected chi connectivity index (χ1v) is 4.41. The molecule has 0 aromatic carbocycles. The molecule has 0 bridgehead atoms. The Morgan fingerprint density at radius 3 is 2.46 bits per heavy atom. The molecular formula is C9H16N2O2. The predicted molar refractivity (Wildman–Crippen MR) is 50.2 cm³/mol. The van der Waals surface area contributed by atoms with Crippen molar-refractivity contribution in [3.8, 4) is 0 Å². The van der Waals surface area contributed by atoms with Crippen molar-refractivity contribution >= 4 is 11.6 Å². The maximum atomic E-state index is 11.6. The van der Waals surface area contributed by atoms with Crippen LogP contribution in [0, 0.1) is 11.3 Å². The van der Waals surface area contributed by atoms with Gasteiger partial charge in [0.05, 0.1) is 12.3 Å². The van der Waals surface area contributed by atoms with Crippen molar-refractivity contribution in [2.75, 3.05) is 13.7 Å². The number of nitrogens with zero attached hydrogens (tertiary/aromatic N) is 2. The van der Waals surface area contributed by atoms with Gasteiger partial charge in [0, 0.05) is 7.05 Å². The van der Waals surface area contributed by atoms with Crippen LogP contribution in [0.15, 0.2) is 5.10 Å². The van der Waals surface area contributed by atoms with Gasteiger partial charge in [0.25, 0.3) is 5.91 Å². The van der Waals surface area contributed by atoms with Gasteiger partial charge in [-0.3, -0.25) is 4.79 Å². The molecule has 1 atom stereocenters. The Morgan fingerprint density at radius 1 is 1.62 bits per heavy atom. The Labute approximate surface area is 78.2 Å². The Morgan fingerprint density at radius 2 is 2.15 bits per heavy atom. The molecule has 1 heterocycles. The summed E-state index contributed by atoms with van der Waals surface area (Å²) in [5.74, 6) is 0.0600. The largest absolute Gasteiger partial charge is 0.395 e. The monoisotopic (exact) mass is 184 g/mol. The van der Waals surface area contributed by atoms with Crippen molar-refractivity contribution in [3.63, 3.8) is 0 Å². The van der Waals surface area contributed by atoms with Crippen LogP contribution < -0.4 is 0 Å². The normalized spacial score (nSPS) is 28.6. The van der Waals surface area contributed by atoms with Crippen molar-refractivity contribution in [1.29, 1.82) is 0 Å². The van der Waals surface area contributed by atoms with Gasteiger partial charge in [0.15, 0.2) is 0 Å². The van der Waals surface area contributed by atoms with Gasteiger partial charge in [-0.25, -0.2) is 5.01 Å². The van der Waals surface area contributed by atoms with Gasteiger partial charge < -0.3 is 5.11 Å². The first kappa shape index (κ1) is 10.2. The molecule has 1 rings (SSSR count). The molecule has 1 N–H and O–H groups in total. The van der Waals surface area contributed by atoms with Crippen molar-refractivity contribution < 1.29 is 9.90 Å². The third-order valence-electron chi connectivity index (χ3n) is 2.45. The molecule has 0 aromatic rings. The van der Waals surface area contributed by atoms with Crippen LogP contribution in [-0.2, 0) is 4.79 Å². The molecule has 0 fully saturated rings. The average Bonchev–Trinajstić information content (AvgIpc) is 2.31. The number of amides is 1. The van der Waals surface area contributed by atoms with Crippen molar-refractivity contribution in [2.24, 2.45) is 16.4 Å². The summed E-state index contributed by atoms with van der Waals surface area (Å²) in [5.41, 5.74) is -0.0365. The summed E-state index contributed by atoms with van der Waals surface area (Å²) in [7, 11) is 1.62. The summed E-state index contributed by atoms with van der Waals surface area (Å²) < 4.78 is 0. The summed E-state index contributed by atoms with van der Waals surface area (Å²) in [6.45, 7) is 5.50. The highest BCUT2D eigenvalue weighted by atomic mass is 16.3. The summed E-state index contributed by atoms with van der Waals surface area (Å²) in [6, 6.07) is 0. The number of rotatable bonds is 2. The fraction of sp³-hybridized carbons (Fsp3) is 0.778. The molecular weight excluding hydrogens is 168 g/mol. The highest BCUT2D eigenvalue weighted by Gasteiger charge is 2.46. The standard InChI is InChI=1S/C9H16N2O2/c1-6(2)7-9(3,5-12)8(13)11(4)10-7/h6,12H,5H2,1-4H3. The summed E-state index contributed by atoms with van der Waals surface area (Å²) in [5, 5.41) is 14.6.